The second-order valence-electron chi connectivity index (χ2n) is 4.90. The van der Waals surface area contributed by atoms with Crippen LogP contribution in [0.25, 0.3) is 0 Å². The van der Waals surface area contributed by atoms with Gasteiger partial charge in [-0.25, -0.2) is 0 Å². The topological polar surface area (TPSA) is 29.5 Å². The van der Waals surface area contributed by atoms with E-state index in [-0.39, 0.29) is 12.5 Å². The maximum Gasteiger partial charge on any atom is 0.265 e. The molecule has 0 saturated carbocycles. The maximum atomic E-state index is 12.2. The van der Waals surface area contributed by atoms with Gasteiger partial charge in [0.25, 0.3) is 5.91 Å². The van der Waals surface area contributed by atoms with Gasteiger partial charge in [-0.05, 0) is 30.2 Å². The fourth-order valence-electron chi connectivity index (χ4n) is 2.40. The number of rotatable bonds is 2. The molecule has 1 heterocycles. The summed E-state index contributed by atoms with van der Waals surface area (Å²) in [6.45, 7) is 2.77. The van der Waals surface area contributed by atoms with Gasteiger partial charge >= 0.3 is 0 Å². The molecule has 0 atom stereocenters. The molecular weight excluding hydrogens is 250 g/mol. The summed E-state index contributed by atoms with van der Waals surface area (Å²) in [4.78, 5) is 14.0. The second kappa shape index (κ2) is 5.37. The third-order valence-corrected chi connectivity index (χ3v) is 3.61. The van der Waals surface area contributed by atoms with Gasteiger partial charge in [0.1, 0.15) is 5.75 Å². The van der Waals surface area contributed by atoms with Gasteiger partial charge in [-0.2, -0.15) is 0 Å². The van der Waals surface area contributed by atoms with Crippen LogP contribution in [0, 0.1) is 0 Å². The Labute approximate surface area is 118 Å². The lowest BCUT2D eigenvalue weighted by atomic mass is 10.1. The molecule has 0 radical (unpaired) electrons. The van der Waals surface area contributed by atoms with Crippen LogP contribution in [0.1, 0.15) is 18.1 Å². The van der Waals surface area contributed by atoms with Gasteiger partial charge in [-0.1, -0.05) is 37.3 Å². The number of amides is 1. The van der Waals surface area contributed by atoms with Crippen molar-refractivity contribution in [3.63, 3.8) is 0 Å². The fraction of sp³-hybridized carbons (Fsp3) is 0.235. The summed E-state index contributed by atoms with van der Waals surface area (Å²) in [5, 5.41) is 0. The Morgan fingerprint density at radius 1 is 1.10 bits per heavy atom. The van der Waals surface area contributed by atoms with Crippen LogP contribution in [-0.2, 0) is 17.8 Å². The molecule has 1 amide bonds. The van der Waals surface area contributed by atoms with E-state index >= 15 is 0 Å². The molecule has 1 aliphatic heterocycles. The number of para-hydroxylation sites is 1. The number of fused-ring (bicyclic) bond motifs is 1. The zero-order valence-electron chi connectivity index (χ0n) is 11.5. The molecule has 3 heteroatoms. The number of aryl methyl sites for hydroxylation is 1. The average molecular weight is 267 g/mol. The van der Waals surface area contributed by atoms with Crippen LogP contribution in [-0.4, -0.2) is 12.5 Å². The van der Waals surface area contributed by atoms with Crippen molar-refractivity contribution in [2.75, 3.05) is 11.5 Å². The summed E-state index contributed by atoms with van der Waals surface area (Å²) in [5.41, 5.74) is 3.23. The zero-order valence-corrected chi connectivity index (χ0v) is 11.5. The van der Waals surface area contributed by atoms with Gasteiger partial charge in [-0.3, -0.25) is 4.79 Å². The first kappa shape index (κ1) is 12.7. The Hall–Kier alpha value is -2.29. The first-order valence-electron chi connectivity index (χ1n) is 6.88. The van der Waals surface area contributed by atoms with Crippen LogP contribution in [0.15, 0.2) is 48.5 Å². The van der Waals surface area contributed by atoms with E-state index in [1.165, 1.54) is 5.56 Å². The number of anilines is 1. The highest BCUT2D eigenvalue weighted by Crippen LogP contribution is 2.26. The number of ether oxygens (including phenoxy) is 1. The molecule has 3 nitrogen and oxygen atoms in total. The molecule has 0 aromatic heterocycles. The quantitative estimate of drug-likeness (QED) is 0.836. The molecule has 0 spiro atoms. The summed E-state index contributed by atoms with van der Waals surface area (Å²) in [7, 11) is 0. The first-order valence-corrected chi connectivity index (χ1v) is 6.88. The third kappa shape index (κ3) is 2.39. The van der Waals surface area contributed by atoms with Gasteiger partial charge in [0, 0.05) is 11.3 Å². The molecular formula is C17H17NO2. The van der Waals surface area contributed by atoms with Crippen molar-refractivity contribution in [2.24, 2.45) is 0 Å². The van der Waals surface area contributed by atoms with E-state index in [9.17, 15) is 4.79 Å². The third-order valence-electron chi connectivity index (χ3n) is 3.61. The predicted molar refractivity (Wildman–Crippen MR) is 78.9 cm³/mol. The minimum Gasteiger partial charge on any atom is -0.483 e. The van der Waals surface area contributed by atoms with Crippen LogP contribution in [0.3, 0.4) is 0 Å². The summed E-state index contributed by atoms with van der Waals surface area (Å²) in [6.07, 6.45) is 1.00. The highest BCUT2D eigenvalue weighted by Gasteiger charge is 2.22. The Balaban J connectivity index is 1.93. The number of hydrogen-bond acceptors (Lipinski definition) is 2. The van der Waals surface area contributed by atoms with E-state index in [2.05, 4.69) is 19.1 Å². The Kier molecular flexibility index (Phi) is 3.42. The van der Waals surface area contributed by atoms with E-state index in [1.54, 1.807) is 4.90 Å². The molecule has 0 N–H and O–H groups in total. The summed E-state index contributed by atoms with van der Waals surface area (Å²) in [5.74, 6) is 0.791. The van der Waals surface area contributed by atoms with Crippen LogP contribution >= 0.6 is 0 Å². The second-order valence-corrected chi connectivity index (χ2v) is 4.90. The molecule has 0 saturated heterocycles. The van der Waals surface area contributed by atoms with Crippen molar-refractivity contribution in [1.29, 1.82) is 0 Å². The Bertz CT molecular complexity index is 619. The average Bonchev–Trinajstić information content (AvgIpc) is 2.67. The van der Waals surface area contributed by atoms with Crippen molar-refractivity contribution in [1.82, 2.24) is 0 Å². The minimum absolute atomic E-state index is 0.00884. The molecule has 2 aromatic rings. The van der Waals surface area contributed by atoms with Crippen LogP contribution in [0.5, 0.6) is 5.75 Å². The lowest BCUT2D eigenvalue weighted by Crippen LogP contribution is -2.32. The van der Waals surface area contributed by atoms with Crippen molar-refractivity contribution in [2.45, 2.75) is 19.9 Å². The van der Waals surface area contributed by atoms with Gasteiger partial charge in [0.2, 0.25) is 0 Å². The van der Waals surface area contributed by atoms with Crippen LogP contribution in [0.2, 0.25) is 0 Å². The summed E-state index contributed by atoms with van der Waals surface area (Å²) >= 11 is 0. The van der Waals surface area contributed by atoms with Crippen molar-refractivity contribution in [3.05, 3.63) is 59.7 Å². The molecule has 0 unspecified atom stereocenters. The predicted octanol–water partition coefficient (Wildman–Crippen LogP) is 3.17. The van der Waals surface area contributed by atoms with Crippen LogP contribution in [0.4, 0.5) is 5.69 Å². The minimum atomic E-state index is -0.00884. The smallest absolute Gasteiger partial charge is 0.265 e. The lowest BCUT2D eigenvalue weighted by molar-refractivity contribution is -0.120. The maximum absolute atomic E-state index is 12.2. The molecule has 0 fully saturated rings. The summed E-state index contributed by atoms with van der Waals surface area (Å²) < 4.78 is 5.57. The molecule has 102 valence electrons. The first-order chi connectivity index (χ1) is 9.78. The van der Waals surface area contributed by atoms with Crippen molar-refractivity contribution < 1.29 is 9.53 Å². The lowest BCUT2D eigenvalue weighted by Gasteiger charge is -2.20. The Morgan fingerprint density at radius 3 is 2.60 bits per heavy atom. The summed E-state index contributed by atoms with van der Waals surface area (Å²) in [6, 6.07) is 16.0. The normalized spacial score (nSPS) is 14.4. The molecule has 0 aliphatic carbocycles. The number of benzene rings is 2. The molecule has 1 aliphatic rings. The number of nitrogens with zero attached hydrogens (tertiary/aromatic N) is 1. The van der Waals surface area contributed by atoms with E-state index in [0.717, 1.165) is 23.4 Å². The SMILES string of the molecule is CCc1ccc(N2Cc3ccccc3OCC2=O)cc1. The molecule has 3 rings (SSSR count). The zero-order chi connectivity index (χ0) is 13.9. The Morgan fingerprint density at radius 2 is 1.85 bits per heavy atom. The van der Waals surface area contributed by atoms with Crippen molar-refractivity contribution >= 4 is 11.6 Å². The standard InChI is InChI=1S/C17H17NO2/c1-2-13-7-9-15(10-8-13)18-11-14-5-3-4-6-16(14)20-12-17(18)19/h3-10H,2,11-12H2,1H3. The van der Waals surface area contributed by atoms with E-state index in [0.29, 0.717) is 6.54 Å². The molecule has 20 heavy (non-hydrogen) atoms. The molecule has 2 aromatic carbocycles. The van der Waals surface area contributed by atoms with Gasteiger partial charge in [0.15, 0.2) is 6.61 Å². The number of hydrogen-bond donors (Lipinski definition) is 0. The van der Waals surface area contributed by atoms with Gasteiger partial charge in [0.05, 0.1) is 6.54 Å². The van der Waals surface area contributed by atoms with Gasteiger partial charge < -0.3 is 9.64 Å². The van der Waals surface area contributed by atoms with Crippen molar-refractivity contribution in [3.8, 4) is 5.75 Å². The highest BCUT2D eigenvalue weighted by molar-refractivity contribution is 5.95. The fourth-order valence-corrected chi connectivity index (χ4v) is 2.40. The van der Waals surface area contributed by atoms with E-state index in [4.69, 9.17) is 4.74 Å². The largest absolute Gasteiger partial charge is 0.483 e. The highest BCUT2D eigenvalue weighted by atomic mass is 16.5. The monoisotopic (exact) mass is 267 g/mol. The molecule has 0 bridgehead atoms. The van der Waals surface area contributed by atoms with Crippen LogP contribution < -0.4 is 9.64 Å². The van der Waals surface area contributed by atoms with Gasteiger partial charge in [-0.15, -0.1) is 0 Å². The number of carbonyl (C=O) groups excluding carboxylic acids is 1. The van der Waals surface area contributed by atoms with E-state index in [1.807, 2.05) is 36.4 Å². The van der Waals surface area contributed by atoms with E-state index < -0.39 is 0 Å². The number of carbonyl (C=O) groups is 1.